The van der Waals surface area contributed by atoms with E-state index < -0.39 is 5.24 Å². The molecule has 1 aromatic heterocycles. The molecule has 0 saturated carbocycles. The summed E-state index contributed by atoms with van der Waals surface area (Å²) in [5.41, 5.74) is 5.70. The topological polar surface area (TPSA) is 56.0 Å². The predicted octanol–water partition coefficient (Wildman–Crippen LogP) is 1.70. The van der Waals surface area contributed by atoms with Gasteiger partial charge in [0.25, 0.3) is 5.24 Å². The predicted molar refractivity (Wildman–Crippen MR) is 43.8 cm³/mol. The Labute approximate surface area is 73.1 Å². The maximum Gasteiger partial charge on any atom is 0.257 e. The average molecular weight is 191 g/mol. The number of halogens is 2. The van der Waals surface area contributed by atoms with E-state index in [4.69, 9.17) is 28.9 Å². The minimum atomic E-state index is -0.694. The quantitative estimate of drug-likeness (QED) is 0.542. The molecule has 0 unspecified atom stereocenters. The second-order valence-electron chi connectivity index (χ2n) is 1.84. The Kier molecular flexibility index (Phi) is 2.31. The normalized spacial score (nSPS) is 9.64. The van der Waals surface area contributed by atoms with Crippen molar-refractivity contribution in [2.45, 2.75) is 0 Å². The number of carbonyl (C=O) groups excluding carboxylic acids is 1. The molecule has 3 nitrogen and oxygen atoms in total. The molecule has 11 heavy (non-hydrogen) atoms. The van der Waals surface area contributed by atoms with E-state index in [9.17, 15) is 4.79 Å². The Morgan fingerprint density at radius 3 is 2.64 bits per heavy atom. The first kappa shape index (κ1) is 8.30. The third kappa shape index (κ3) is 1.61. The summed E-state index contributed by atoms with van der Waals surface area (Å²) >= 11 is 10.7. The summed E-state index contributed by atoms with van der Waals surface area (Å²) in [7, 11) is 0. The van der Waals surface area contributed by atoms with Crippen molar-refractivity contribution in [3.8, 4) is 0 Å². The van der Waals surface area contributed by atoms with Crippen LogP contribution in [0.25, 0.3) is 0 Å². The van der Waals surface area contributed by atoms with Gasteiger partial charge in [0.15, 0.2) is 0 Å². The summed E-state index contributed by atoms with van der Waals surface area (Å²) in [6, 6.07) is 1.46. The molecule has 0 fully saturated rings. The minimum Gasteiger partial charge on any atom is -0.398 e. The number of carbonyl (C=O) groups is 1. The van der Waals surface area contributed by atoms with Crippen LogP contribution in [-0.4, -0.2) is 10.2 Å². The molecule has 0 aliphatic carbocycles. The monoisotopic (exact) mass is 190 g/mol. The average Bonchev–Trinajstić information content (AvgIpc) is 1.85. The molecular formula is C6H4Cl2N2O. The Morgan fingerprint density at radius 1 is 1.64 bits per heavy atom. The van der Waals surface area contributed by atoms with Gasteiger partial charge < -0.3 is 5.73 Å². The third-order valence-corrected chi connectivity index (χ3v) is 1.61. The number of hydrogen-bond acceptors (Lipinski definition) is 3. The molecule has 2 N–H and O–H groups in total. The number of rotatable bonds is 1. The third-order valence-electron chi connectivity index (χ3n) is 1.13. The van der Waals surface area contributed by atoms with Crippen LogP contribution in [0.5, 0.6) is 0 Å². The van der Waals surface area contributed by atoms with Crippen LogP contribution in [0.1, 0.15) is 10.4 Å². The summed E-state index contributed by atoms with van der Waals surface area (Å²) < 4.78 is 0. The largest absolute Gasteiger partial charge is 0.398 e. The SMILES string of the molecule is Nc1ccnc(Cl)c1C(=O)Cl. The maximum absolute atomic E-state index is 10.6. The van der Waals surface area contributed by atoms with E-state index in [1.54, 1.807) is 0 Å². The molecule has 0 bridgehead atoms. The summed E-state index contributed by atoms with van der Waals surface area (Å²) in [6.07, 6.45) is 1.40. The summed E-state index contributed by atoms with van der Waals surface area (Å²) in [5.74, 6) is 0. The first-order chi connectivity index (χ1) is 5.13. The van der Waals surface area contributed by atoms with Crippen molar-refractivity contribution >= 4 is 34.1 Å². The van der Waals surface area contributed by atoms with E-state index in [-0.39, 0.29) is 16.4 Å². The molecule has 0 spiro atoms. The Bertz CT molecular complexity index is 280. The van der Waals surface area contributed by atoms with Crippen LogP contribution in [0.2, 0.25) is 5.15 Å². The molecule has 0 aliphatic rings. The fourth-order valence-corrected chi connectivity index (χ4v) is 1.14. The van der Waals surface area contributed by atoms with Gasteiger partial charge in [-0.15, -0.1) is 0 Å². The summed E-state index contributed by atoms with van der Waals surface area (Å²) in [4.78, 5) is 14.3. The van der Waals surface area contributed by atoms with Crippen LogP contribution < -0.4 is 5.73 Å². The van der Waals surface area contributed by atoms with Crippen LogP contribution in [0.4, 0.5) is 5.69 Å². The molecule has 5 heteroatoms. The lowest BCUT2D eigenvalue weighted by Gasteiger charge is -1.99. The van der Waals surface area contributed by atoms with Gasteiger partial charge in [-0.2, -0.15) is 0 Å². The zero-order chi connectivity index (χ0) is 8.43. The molecule has 0 atom stereocenters. The molecule has 1 rings (SSSR count). The first-order valence-electron chi connectivity index (χ1n) is 2.72. The molecule has 0 radical (unpaired) electrons. The number of nitrogen functional groups attached to an aromatic ring is 1. The highest BCUT2D eigenvalue weighted by Crippen LogP contribution is 2.20. The Hall–Kier alpha value is -0.800. The van der Waals surface area contributed by atoms with Crippen LogP contribution in [0, 0.1) is 0 Å². The fraction of sp³-hybridized carbons (Fsp3) is 0. The first-order valence-corrected chi connectivity index (χ1v) is 3.48. The van der Waals surface area contributed by atoms with Crippen molar-refractivity contribution < 1.29 is 4.79 Å². The molecule has 0 aromatic carbocycles. The van der Waals surface area contributed by atoms with Gasteiger partial charge in [-0.25, -0.2) is 4.98 Å². The standard InChI is InChI=1S/C6H4Cl2N2O/c7-5-4(6(8)11)3(9)1-2-10-5/h1-2H,(H2,9,10). The second kappa shape index (κ2) is 3.07. The number of pyridine rings is 1. The smallest absolute Gasteiger partial charge is 0.257 e. The van der Waals surface area contributed by atoms with Gasteiger partial charge in [0, 0.05) is 11.9 Å². The molecular weight excluding hydrogens is 187 g/mol. The zero-order valence-electron chi connectivity index (χ0n) is 5.34. The zero-order valence-corrected chi connectivity index (χ0v) is 6.86. The molecule has 58 valence electrons. The molecule has 1 aromatic rings. The van der Waals surface area contributed by atoms with Crippen molar-refractivity contribution in [2.24, 2.45) is 0 Å². The van der Waals surface area contributed by atoms with Gasteiger partial charge in [-0.3, -0.25) is 4.79 Å². The van der Waals surface area contributed by atoms with Crippen molar-refractivity contribution in [1.82, 2.24) is 4.98 Å². The van der Waals surface area contributed by atoms with E-state index in [1.807, 2.05) is 0 Å². The van der Waals surface area contributed by atoms with Crippen molar-refractivity contribution in [3.63, 3.8) is 0 Å². The highest BCUT2D eigenvalue weighted by atomic mass is 35.5. The second-order valence-corrected chi connectivity index (χ2v) is 2.54. The van der Waals surface area contributed by atoms with Crippen molar-refractivity contribution in [1.29, 1.82) is 0 Å². The molecule has 0 saturated heterocycles. The lowest BCUT2D eigenvalue weighted by atomic mass is 10.2. The fourth-order valence-electron chi connectivity index (χ4n) is 0.645. The van der Waals surface area contributed by atoms with E-state index in [2.05, 4.69) is 4.98 Å². The maximum atomic E-state index is 10.6. The highest BCUT2D eigenvalue weighted by molar-refractivity contribution is 6.69. The van der Waals surface area contributed by atoms with E-state index in [1.165, 1.54) is 12.3 Å². The van der Waals surface area contributed by atoms with E-state index >= 15 is 0 Å². The number of aromatic nitrogens is 1. The van der Waals surface area contributed by atoms with Gasteiger partial charge in [-0.1, -0.05) is 11.6 Å². The molecule has 0 amide bonds. The van der Waals surface area contributed by atoms with Gasteiger partial charge in [0.2, 0.25) is 0 Å². The lowest BCUT2D eigenvalue weighted by molar-refractivity contribution is 0.108. The molecule has 1 heterocycles. The Balaban J connectivity index is 3.32. The molecule has 0 aliphatic heterocycles. The van der Waals surface area contributed by atoms with Gasteiger partial charge in [0.1, 0.15) is 5.15 Å². The van der Waals surface area contributed by atoms with Gasteiger partial charge >= 0.3 is 0 Å². The number of nitrogens with two attached hydrogens (primary N) is 1. The number of anilines is 1. The van der Waals surface area contributed by atoms with Crippen molar-refractivity contribution in [3.05, 3.63) is 23.0 Å². The van der Waals surface area contributed by atoms with E-state index in [0.717, 1.165) is 0 Å². The van der Waals surface area contributed by atoms with Crippen molar-refractivity contribution in [2.75, 3.05) is 5.73 Å². The van der Waals surface area contributed by atoms with Gasteiger partial charge in [-0.05, 0) is 17.7 Å². The van der Waals surface area contributed by atoms with Crippen LogP contribution >= 0.6 is 23.2 Å². The lowest BCUT2D eigenvalue weighted by Crippen LogP contribution is -1.99. The Morgan fingerprint density at radius 2 is 2.27 bits per heavy atom. The highest BCUT2D eigenvalue weighted by Gasteiger charge is 2.11. The van der Waals surface area contributed by atoms with Gasteiger partial charge in [0.05, 0.1) is 5.56 Å². The summed E-state index contributed by atoms with van der Waals surface area (Å²) in [5, 5.41) is -0.661. The van der Waals surface area contributed by atoms with Crippen LogP contribution in [-0.2, 0) is 0 Å². The number of nitrogens with zero attached hydrogens (tertiary/aromatic N) is 1. The number of hydrogen-bond donors (Lipinski definition) is 1. The van der Waals surface area contributed by atoms with Crippen LogP contribution in [0.3, 0.4) is 0 Å². The minimum absolute atomic E-state index is 0.0324. The van der Waals surface area contributed by atoms with Crippen LogP contribution in [0.15, 0.2) is 12.3 Å². The summed E-state index contributed by atoms with van der Waals surface area (Å²) in [6.45, 7) is 0. The van der Waals surface area contributed by atoms with E-state index in [0.29, 0.717) is 0 Å².